The zero-order valence-electron chi connectivity index (χ0n) is 15.0. The second-order valence-electron chi connectivity index (χ2n) is 6.18. The van der Waals surface area contributed by atoms with Crippen LogP contribution in [0, 0.1) is 6.92 Å². The predicted molar refractivity (Wildman–Crippen MR) is 97.9 cm³/mol. The number of aryl methyl sites for hydroxylation is 2. The zero-order chi connectivity index (χ0) is 18.6. The van der Waals surface area contributed by atoms with Gasteiger partial charge in [0.2, 0.25) is 0 Å². The minimum absolute atomic E-state index is 0.172. The maximum atomic E-state index is 12.5. The molecule has 9 heteroatoms. The van der Waals surface area contributed by atoms with Crippen LogP contribution in [-0.2, 0) is 21.8 Å². The highest BCUT2D eigenvalue weighted by Gasteiger charge is 2.19. The molecule has 2 aromatic rings. The van der Waals surface area contributed by atoms with Crippen molar-refractivity contribution in [1.82, 2.24) is 14.7 Å². The Morgan fingerprint density at radius 2 is 1.92 bits per heavy atom. The van der Waals surface area contributed by atoms with Gasteiger partial charge in [-0.3, -0.25) is 14.3 Å². The summed E-state index contributed by atoms with van der Waals surface area (Å²) in [5.41, 5.74) is 0.942. The van der Waals surface area contributed by atoms with Crippen molar-refractivity contribution in [1.29, 1.82) is 0 Å². The Kier molecular flexibility index (Phi) is 5.80. The van der Waals surface area contributed by atoms with E-state index in [0.29, 0.717) is 23.7 Å². The highest BCUT2D eigenvalue weighted by molar-refractivity contribution is 7.92. The zero-order valence-corrected chi connectivity index (χ0v) is 15.8. The second-order valence-corrected chi connectivity index (χ2v) is 7.84. The summed E-state index contributed by atoms with van der Waals surface area (Å²) in [6.07, 6.45) is 1.49. The van der Waals surface area contributed by atoms with Gasteiger partial charge in [-0.2, -0.15) is 5.10 Å². The fourth-order valence-corrected chi connectivity index (χ4v) is 4.07. The van der Waals surface area contributed by atoms with Crippen LogP contribution in [0.15, 0.2) is 35.4 Å². The topological polar surface area (TPSA) is 85.7 Å². The van der Waals surface area contributed by atoms with Crippen LogP contribution < -0.4 is 9.46 Å². The molecule has 0 aliphatic carbocycles. The third-order valence-corrected chi connectivity index (χ3v) is 5.63. The fraction of sp³-hybridized carbons (Fsp3) is 0.471. The molecule has 8 nitrogen and oxygen atoms in total. The lowest BCUT2D eigenvalue weighted by Gasteiger charge is -2.26. The Balaban J connectivity index is 1.54. The van der Waals surface area contributed by atoms with E-state index in [2.05, 4.69) is 14.7 Å². The van der Waals surface area contributed by atoms with Crippen molar-refractivity contribution in [3.63, 3.8) is 0 Å². The maximum Gasteiger partial charge on any atom is 0.265 e. The molecule has 0 radical (unpaired) electrons. The number of nitrogens with zero attached hydrogens (tertiary/aromatic N) is 3. The van der Waals surface area contributed by atoms with E-state index in [-0.39, 0.29) is 4.90 Å². The highest BCUT2D eigenvalue weighted by Crippen LogP contribution is 2.21. The number of morpholine rings is 1. The van der Waals surface area contributed by atoms with Gasteiger partial charge in [0.15, 0.2) is 0 Å². The number of nitrogens with one attached hydrogen (secondary N) is 1. The van der Waals surface area contributed by atoms with Crippen molar-refractivity contribution in [2.24, 2.45) is 7.05 Å². The van der Waals surface area contributed by atoms with Gasteiger partial charge in [0.05, 0.1) is 18.9 Å². The van der Waals surface area contributed by atoms with Crippen molar-refractivity contribution >= 4 is 15.7 Å². The van der Waals surface area contributed by atoms with E-state index in [1.54, 1.807) is 38.2 Å². The lowest BCUT2D eigenvalue weighted by Crippen LogP contribution is -2.38. The van der Waals surface area contributed by atoms with Crippen LogP contribution in [0.25, 0.3) is 0 Å². The standard InChI is InChI=1S/C17H24N4O4S/c1-14-17(13-20(2)18-14)26(22,23)19-15-3-5-16(6-4-15)25-12-9-21-7-10-24-11-8-21/h3-6,13,19H,7-12H2,1-2H3. The molecule has 1 fully saturated rings. The average Bonchev–Trinajstić information content (AvgIpc) is 2.96. The van der Waals surface area contributed by atoms with Crippen molar-refractivity contribution < 1.29 is 17.9 Å². The molecule has 0 atom stereocenters. The van der Waals surface area contributed by atoms with Crippen LogP contribution in [0.3, 0.4) is 0 Å². The molecule has 1 aromatic carbocycles. The Morgan fingerprint density at radius 3 is 2.54 bits per heavy atom. The molecule has 2 heterocycles. The van der Waals surface area contributed by atoms with Gasteiger partial charge >= 0.3 is 0 Å². The summed E-state index contributed by atoms with van der Waals surface area (Å²) in [4.78, 5) is 2.47. The molecular formula is C17H24N4O4S. The molecule has 26 heavy (non-hydrogen) atoms. The number of sulfonamides is 1. The molecule has 0 unspecified atom stereocenters. The molecule has 0 bridgehead atoms. The molecule has 142 valence electrons. The van der Waals surface area contributed by atoms with Crippen molar-refractivity contribution in [2.45, 2.75) is 11.8 Å². The minimum atomic E-state index is -3.66. The van der Waals surface area contributed by atoms with Crippen LogP contribution in [-0.4, -0.2) is 62.6 Å². The number of aromatic nitrogens is 2. The summed E-state index contributed by atoms with van der Waals surface area (Å²) in [6.45, 7) is 6.49. The van der Waals surface area contributed by atoms with Gasteiger partial charge in [-0.15, -0.1) is 0 Å². The van der Waals surface area contributed by atoms with Gasteiger partial charge in [0.25, 0.3) is 10.0 Å². The van der Waals surface area contributed by atoms with Crippen LogP contribution in [0.5, 0.6) is 5.75 Å². The number of ether oxygens (including phenoxy) is 2. The van der Waals surface area contributed by atoms with Crippen LogP contribution in [0.4, 0.5) is 5.69 Å². The van der Waals surface area contributed by atoms with Gasteiger partial charge in [-0.05, 0) is 31.2 Å². The highest BCUT2D eigenvalue weighted by atomic mass is 32.2. The SMILES string of the molecule is Cc1nn(C)cc1S(=O)(=O)Nc1ccc(OCCN2CCOCC2)cc1. The summed E-state index contributed by atoms with van der Waals surface area (Å²) in [6, 6.07) is 6.89. The Morgan fingerprint density at radius 1 is 1.23 bits per heavy atom. The average molecular weight is 380 g/mol. The fourth-order valence-electron chi connectivity index (χ4n) is 2.79. The first-order valence-electron chi connectivity index (χ1n) is 8.50. The van der Waals surface area contributed by atoms with E-state index < -0.39 is 10.0 Å². The molecule has 1 saturated heterocycles. The predicted octanol–water partition coefficient (Wildman–Crippen LogP) is 1.24. The van der Waals surface area contributed by atoms with E-state index in [0.717, 1.165) is 32.8 Å². The van der Waals surface area contributed by atoms with Gasteiger partial charge in [0.1, 0.15) is 17.3 Å². The van der Waals surface area contributed by atoms with Gasteiger partial charge < -0.3 is 9.47 Å². The van der Waals surface area contributed by atoms with Crippen LogP contribution >= 0.6 is 0 Å². The summed E-state index contributed by atoms with van der Waals surface area (Å²) < 4.78 is 40.0. The largest absolute Gasteiger partial charge is 0.492 e. The molecule has 0 saturated carbocycles. The van der Waals surface area contributed by atoms with Crippen molar-refractivity contribution in [2.75, 3.05) is 44.2 Å². The summed E-state index contributed by atoms with van der Waals surface area (Å²) >= 11 is 0. The first-order chi connectivity index (χ1) is 12.4. The van der Waals surface area contributed by atoms with E-state index in [4.69, 9.17) is 9.47 Å². The van der Waals surface area contributed by atoms with Gasteiger partial charge in [0, 0.05) is 38.6 Å². The van der Waals surface area contributed by atoms with Crippen molar-refractivity contribution in [3.05, 3.63) is 36.2 Å². The monoisotopic (exact) mass is 380 g/mol. The molecule has 0 spiro atoms. The number of anilines is 1. The van der Waals surface area contributed by atoms with Crippen LogP contribution in [0.2, 0.25) is 0 Å². The van der Waals surface area contributed by atoms with Crippen LogP contribution in [0.1, 0.15) is 5.69 Å². The van der Waals surface area contributed by atoms with E-state index >= 15 is 0 Å². The molecule has 1 aromatic heterocycles. The van der Waals surface area contributed by atoms with E-state index in [9.17, 15) is 8.42 Å². The minimum Gasteiger partial charge on any atom is -0.492 e. The smallest absolute Gasteiger partial charge is 0.265 e. The molecule has 3 rings (SSSR count). The first-order valence-corrected chi connectivity index (χ1v) is 9.98. The number of rotatable bonds is 7. The summed E-state index contributed by atoms with van der Waals surface area (Å²) in [5.74, 6) is 0.707. The second kappa shape index (κ2) is 8.07. The number of hydrogen-bond donors (Lipinski definition) is 1. The van der Waals surface area contributed by atoms with E-state index in [1.807, 2.05) is 0 Å². The van der Waals surface area contributed by atoms with E-state index in [1.165, 1.54) is 10.9 Å². The normalized spacial score (nSPS) is 15.8. The quantitative estimate of drug-likeness (QED) is 0.778. The summed E-state index contributed by atoms with van der Waals surface area (Å²) in [5, 5.41) is 4.07. The Bertz CT molecular complexity index is 827. The van der Waals surface area contributed by atoms with Gasteiger partial charge in [-0.25, -0.2) is 8.42 Å². The number of benzene rings is 1. The molecule has 1 aliphatic rings. The third kappa shape index (κ3) is 4.75. The lowest BCUT2D eigenvalue weighted by atomic mass is 10.3. The maximum absolute atomic E-state index is 12.5. The van der Waals surface area contributed by atoms with Gasteiger partial charge in [-0.1, -0.05) is 0 Å². The summed E-state index contributed by atoms with van der Waals surface area (Å²) in [7, 11) is -1.97. The number of hydrogen-bond acceptors (Lipinski definition) is 6. The Hall–Kier alpha value is -2.10. The first kappa shape index (κ1) is 18.7. The molecule has 0 amide bonds. The lowest BCUT2D eigenvalue weighted by molar-refractivity contribution is 0.0322. The third-order valence-electron chi connectivity index (χ3n) is 4.14. The molecule has 1 aliphatic heterocycles. The molecular weight excluding hydrogens is 356 g/mol. The van der Waals surface area contributed by atoms with Crippen molar-refractivity contribution in [3.8, 4) is 5.75 Å². The molecule has 1 N–H and O–H groups in total. The Labute approximate surface area is 153 Å².